The molecular formula is C19H26N4OS. The summed E-state index contributed by atoms with van der Waals surface area (Å²) in [6, 6.07) is 8.40. The fraction of sp³-hybridized carbons (Fsp3) is 0.526. The molecule has 25 heavy (non-hydrogen) atoms. The van der Waals surface area contributed by atoms with Crippen LogP contribution in [-0.4, -0.2) is 32.5 Å². The third-order valence-electron chi connectivity index (χ3n) is 5.28. The summed E-state index contributed by atoms with van der Waals surface area (Å²) >= 11 is 1.43. The summed E-state index contributed by atoms with van der Waals surface area (Å²) in [7, 11) is 0. The smallest absolute Gasteiger partial charge is 0.230 e. The summed E-state index contributed by atoms with van der Waals surface area (Å²) in [5, 5.41) is 12.2. The Morgan fingerprint density at radius 1 is 1.32 bits per heavy atom. The van der Waals surface area contributed by atoms with Gasteiger partial charge in [0.15, 0.2) is 5.16 Å². The minimum absolute atomic E-state index is 0.0790. The highest BCUT2D eigenvalue weighted by Crippen LogP contribution is 2.29. The van der Waals surface area contributed by atoms with Crippen molar-refractivity contribution in [1.82, 2.24) is 20.1 Å². The largest absolute Gasteiger partial charge is 0.352 e. The molecule has 5 nitrogen and oxygen atoms in total. The quantitative estimate of drug-likeness (QED) is 0.830. The number of aromatic nitrogens is 3. The van der Waals surface area contributed by atoms with Crippen molar-refractivity contribution in [2.24, 2.45) is 11.8 Å². The maximum absolute atomic E-state index is 12.4. The first-order chi connectivity index (χ1) is 12.1. The minimum Gasteiger partial charge on any atom is -0.352 e. The molecule has 1 fully saturated rings. The number of amides is 1. The van der Waals surface area contributed by atoms with E-state index in [1.54, 1.807) is 6.33 Å². The molecule has 1 heterocycles. The lowest BCUT2D eigenvalue weighted by molar-refractivity contribution is -0.120. The first-order valence-corrected chi connectivity index (χ1v) is 9.93. The molecule has 1 aromatic carbocycles. The Bertz CT molecular complexity index is 730. The molecule has 1 saturated carbocycles. The number of carbonyl (C=O) groups excluding carboxylic acids is 1. The molecule has 1 aliphatic rings. The number of para-hydroxylation sites is 1. The van der Waals surface area contributed by atoms with Crippen LogP contribution in [0.15, 0.2) is 35.7 Å². The van der Waals surface area contributed by atoms with E-state index in [2.05, 4.69) is 42.4 Å². The summed E-state index contributed by atoms with van der Waals surface area (Å²) in [5.74, 6) is 1.66. The molecule has 3 rings (SSSR count). The van der Waals surface area contributed by atoms with Crippen LogP contribution in [0.25, 0.3) is 5.69 Å². The lowest BCUT2D eigenvalue weighted by atomic mass is 9.78. The van der Waals surface area contributed by atoms with Crippen LogP contribution in [0, 0.1) is 18.8 Å². The van der Waals surface area contributed by atoms with Crippen LogP contribution >= 0.6 is 11.8 Å². The molecule has 0 radical (unpaired) electrons. The Hall–Kier alpha value is -1.82. The highest BCUT2D eigenvalue weighted by Gasteiger charge is 2.28. The first kappa shape index (κ1) is 18.0. The van der Waals surface area contributed by atoms with Crippen LogP contribution in [0.4, 0.5) is 0 Å². The number of hydrogen-bond donors (Lipinski definition) is 1. The number of hydrogen-bond acceptors (Lipinski definition) is 4. The number of benzene rings is 1. The lowest BCUT2D eigenvalue weighted by Crippen LogP contribution is -2.44. The first-order valence-electron chi connectivity index (χ1n) is 8.94. The van der Waals surface area contributed by atoms with E-state index in [4.69, 9.17) is 0 Å². The predicted octanol–water partition coefficient (Wildman–Crippen LogP) is 3.61. The molecular weight excluding hydrogens is 332 g/mol. The fourth-order valence-corrected chi connectivity index (χ4v) is 4.22. The second-order valence-corrected chi connectivity index (χ2v) is 7.94. The summed E-state index contributed by atoms with van der Waals surface area (Å²) in [4.78, 5) is 12.4. The predicted molar refractivity (Wildman–Crippen MR) is 101 cm³/mol. The second kappa shape index (κ2) is 8.04. The van der Waals surface area contributed by atoms with Gasteiger partial charge >= 0.3 is 0 Å². The molecule has 1 aromatic heterocycles. The van der Waals surface area contributed by atoms with Gasteiger partial charge in [-0.2, -0.15) is 0 Å². The van der Waals surface area contributed by atoms with E-state index in [9.17, 15) is 4.79 Å². The summed E-state index contributed by atoms with van der Waals surface area (Å²) in [6.07, 6.45) is 5.25. The van der Waals surface area contributed by atoms with Gasteiger partial charge in [0.2, 0.25) is 5.91 Å². The van der Waals surface area contributed by atoms with Crippen LogP contribution in [0.5, 0.6) is 0 Å². The highest BCUT2D eigenvalue weighted by molar-refractivity contribution is 7.99. The Morgan fingerprint density at radius 2 is 2.12 bits per heavy atom. The molecule has 134 valence electrons. The molecule has 0 unspecified atom stereocenters. The summed E-state index contributed by atoms with van der Waals surface area (Å²) in [5.41, 5.74) is 2.20. The van der Waals surface area contributed by atoms with Gasteiger partial charge < -0.3 is 5.32 Å². The average molecular weight is 359 g/mol. The van der Waals surface area contributed by atoms with Gasteiger partial charge in [-0.05, 0) is 36.8 Å². The zero-order valence-corrected chi connectivity index (χ0v) is 15.9. The molecule has 0 saturated heterocycles. The Balaban J connectivity index is 1.60. The number of thioether (sulfide) groups is 1. The topological polar surface area (TPSA) is 59.8 Å². The van der Waals surface area contributed by atoms with E-state index >= 15 is 0 Å². The van der Waals surface area contributed by atoms with Gasteiger partial charge in [-0.1, -0.05) is 56.7 Å². The van der Waals surface area contributed by atoms with Gasteiger partial charge in [0.05, 0.1) is 11.4 Å². The van der Waals surface area contributed by atoms with E-state index in [0.717, 1.165) is 22.8 Å². The maximum Gasteiger partial charge on any atom is 0.230 e. The molecule has 0 bridgehead atoms. The van der Waals surface area contributed by atoms with Crippen molar-refractivity contribution in [2.75, 3.05) is 5.75 Å². The van der Waals surface area contributed by atoms with E-state index in [1.165, 1.54) is 24.6 Å². The standard InChI is InChI=1S/C19H26N4OS/c1-13-8-6-9-16(15(13)3)21-18(24)11-25-19-22-20-12-23(19)17-10-5-4-7-14(17)2/h4-5,7,10,12-13,15-16H,6,8-9,11H2,1-3H3,(H,21,24)/t13-,15-,16-/m1/s1. The van der Waals surface area contributed by atoms with Crippen molar-refractivity contribution in [2.45, 2.75) is 51.2 Å². The van der Waals surface area contributed by atoms with E-state index in [1.807, 2.05) is 22.8 Å². The van der Waals surface area contributed by atoms with Crippen molar-refractivity contribution in [3.8, 4) is 5.69 Å². The normalized spacial score (nSPS) is 23.4. The number of carbonyl (C=O) groups is 1. The zero-order chi connectivity index (χ0) is 17.8. The lowest BCUT2D eigenvalue weighted by Gasteiger charge is -2.34. The van der Waals surface area contributed by atoms with E-state index in [0.29, 0.717) is 23.6 Å². The van der Waals surface area contributed by atoms with Gasteiger partial charge in [0.1, 0.15) is 6.33 Å². The molecule has 2 aromatic rings. The number of nitrogens with zero attached hydrogens (tertiary/aromatic N) is 3. The van der Waals surface area contributed by atoms with Crippen LogP contribution in [0.3, 0.4) is 0 Å². The van der Waals surface area contributed by atoms with Gasteiger partial charge in [-0.3, -0.25) is 9.36 Å². The molecule has 0 spiro atoms. The molecule has 1 amide bonds. The van der Waals surface area contributed by atoms with E-state index < -0.39 is 0 Å². The SMILES string of the molecule is Cc1ccccc1-n1cnnc1SCC(=O)N[C@@H]1CCC[C@@H](C)[C@H]1C. The Kier molecular flexibility index (Phi) is 5.78. The fourth-order valence-electron chi connectivity index (χ4n) is 3.49. The summed E-state index contributed by atoms with van der Waals surface area (Å²) in [6.45, 7) is 6.58. The van der Waals surface area contributed by atoms with Crippen molar-refractivity contribution in [3.63, 3.8) is 0 Å². The second-order valence-electron chi connectivity index (χ2n) is 7.00. The number of rotatable bonds is 5. The number of aryl methyl sites for hydroxylation is 1. The Morgan fingerprint density at radius 3 is 2.92 bits per heavy atom. The van der Waals surface area contributed by atoms with Gasteiger partial charge in [0, 0.05) is 6.04 Å². The van der Waals surface area contributed by atoms with E-state index in [-0.39, 0.29) is 5.91 Å². The van der Waals surface area contributed by atoms with Crippen LogP contribution in [0.2, 0.25) is 0 Å². The van der Waals surface area contributed by atoms with Crippen molar-refractivity contribution < 1.29 is 4.79 Å². The average Bonchev–Trinajstić information content (AvgIpc) is 3.06. The minimum atomic E-state index is 0.0790. The van der Waals surface area contributed by atoms with Crippen molar-refractivity contribution in [1.29, 1.82) is 0 Å². The van der Waals surface area contributed by atoms with Crippen LogP contribution < -0.4 is 5.32 Å². The van der Waals surface area contributed by atoms with Gasteiger partial charge in [-0.15, -0.1) is 10.2 Å². The molecule has 6 heteroatoms. The van der Waals surface area contributed by atoms with Crippen molar-refractivity contribution in [3.05, 3.63) is 36.2 Å². The van der Waals surface area contributed by atoms with Crippen molar-refractivity contribution >= 4 is 17.7 Å². The Labute approximate surface area is 153 Å². The molecule has 1 aliphatic carbocycles. The molecule has 3 atom stereocenters. The maximum atomic E-state index is 12.4. The number of nitrogens with one attached hydrogen (secondary N) is 1. The van der Waals surface area contributed by atoms with Gasteiger partial charge in [-0.25, -0.2) is 0 Å². The summed E-state index contributed by atoms with van der Waals surface area (Å²) < 4.78 is 1.94. The van der Waals surface area contributed by atoms with Gasteiger partial charge in [0.25, 0.3) is 0 Å². The third-order valence-corrected chi connectivity index (χ3v) is 6.22. The zero-order valence-electron chi connectivity index (χ0n) is 15.1. The third kappa shape index (κ3) is 4.24. The molecule has 1 N–H and O–H groups in total. The molecule has 0 aliphatic heterocycles. The highest BCUT2D eigenvalue weighted by atomic mass is 32.2. The van der Waals surface area contributed by atoms with Crippen LogP contribution in [-0.2, 0) is 4.79 Å². The monoisotopic (exact) mass is 358 g/mol. The van der Waals surface area contributed by atoms with Crippen LogP contribution in [0.1, 0.15) is 38.7 Å².